The summed E-state index contributed by atoms with van der Waals surface area (Å²) in [6.07, 6.45) is 6.27. The number of carbonyl (C=O) groups excluding carboxylic acids is 2. The minimum atomic E-state index is -0.0688. The number of fused-ring (bicyclic) bond motifs is 1. The average molecular weight is 377 g/mol. The highest BCUT2D eigenvalue weighted by atomic mass is 32.2. The van der Waals surface area contributed by atoms with Gasteiger partial charge >= 0.3 is 0 Å². The SMILES string of the molecule is CCC1CCCC[NH+]1CCCNC(=O)CN1C(=O)CSc2ccccc21. The molecule has 1 fully saturated rings. The largest absolute Gasteiger partial charge is 0.354 e. The number of likely N-dealkylation sites (tertiary alicyclic amines) is 1. The molecule has 3 rings (SSSR count). The Morgan fingerprint density at radius 2 is 2.19 bits per heavy atom. The molecule has 1 saturated heterocycles. The van der Waals surface area contributed by atoms with Crippen LogP contribution in [-0.2, 0) is 9.59 Å². The zero-order valence-electron chi connectivity index (χ0n) is 15.6. The number of rotatable bonds is 7. The lowest BCUT2D eigenvalue weighted by atomic mass is 10.00. The minimum absolute atomic E-state index is 0.00685. The minimum Gasteiger partial charge on any atom is -0.354 e. The van der Waals surface area contributed by atoms with E-state index in [4.69, 9.17) is 0 Å². The molecular formula is C20H30N3O2S+. The van der Waals surface area contributed by atoms with Crippen LogP contribution in [0, 0.1) is 0 Å². The van der Waals surface area contributed by atoms with Crippen LogP contribution in [0.4, 0.5) is 5.69 Å². The molecular weight excluding hydrogens is 346 g/mol. The third kappa shape index (κ3) is 4.80. The van der Waals surface area contributed by atoms with Crippen molar-refractivity contribution in [3.05, 3.63) is 24.3 Å². The Morgan fingerprint density at radius 1 is 1.35 bits per heavy atom. The molecule has 1 aromatic rings. The third-order valence-corrected chi connectivity index (χ3v) is 6.52. The van der Waals surface area contributed by atoms with Gasteiger partial charge in [-0.1, -0.05) is 19.1 Å². The highest BCUT2D eigenvalue weighted by Crippen LogP contribution is 2.34. The molecule has 0 aliphatic carbocycles. The van der Waals surface area contributed by atoms with Crippen LogP contribution in [-0.4, -0.2) is 49.8 Å². The number of amides is 2. The van der Waals surface area contributed by atoms with Gasteiger partial charge in [0.15, 0.2) is 0 Å². The summed E-state index contributed by atoms with van der Waals surface area (Å²) in [4.78, 5) is 28.9. The van der Waals surface area contributed by atoms with Crippen LogP contribution in [0.25, 0.3) is 0 Å². The molecule has 6 heteroatoms. The molecule has 2 unspecified atom stereocenters. The van der Waals surface area contributed by atoms with E-state index in [-0.39, 0.29) is 18.4 Å². The van der Waals surface area contributed by atoms with Crippen molar-refractivity contribution in [3.63, 3.8) is 0 Å². The topological polar surface area (TPSA) is 53.9 Å². The van der Waals surface area contributed by atoms with Crippen molar-refractivity contribution >= 4 is 29.3 Å². The molecule has 0 bridgehead atoms. The van der Waals surface area contributed by atoms with Crippen LogP contribution >= 0.6 is 11.8 Å². The maximum atomic E-state index is 12.3. The van der Waals surface area contributed by atoms with E-state index in [0.717, 1.165) is 29.6 Å². The first kappa shape index (κ1) is 19.2. The van der Waals surface area contributed by atoms with Gasteiger partial charge < -0.3 is 15.1 Å². The number of para-hydroxylation sites is 1. The van der Waals surface area contributed by atoms with Gasteiger partial charge in [-0.3, -0.25) is 9.59 Å². The number of carbonyl (C=O) groups is 2. The van der Waals surface area contributed by atoms with Crippen LogP contribution in [0.15, 0.2) is 29.2 Å². The first-order valence-corrected chi connectivity index (χ1v) is 10.8. The van der Waals surface area contributed by atoms with Gasteiger partial charge in [0.2, 0.25) is 11.8 Å². The number of anilines is 1. The van der Waals surface area contributed by atoms with Crippen LogP contribution in [0.3, 0.4) is 0 Å². The second kappa shape index (κ2) is 9.42. The number of piperidine rings is 1. The first-order valence-electron chi connectivity index (χ1n) is 9.82. The number of nitrogens with zero attached hydrogens (tertiary/aromatic N) is 1. The van der Waals surface area contributed by atoms with E-state index in [1.807, 2.05) is 24.3 Å². The highest BCUT2D eigenvalue weighted by molar-refractivity contribution is 8.00. The number of nitrogens with one attached hydrogen (secondary N) is 2. The fraction of sp³-hybridized carbons (Fsp3) is 0.600. The van der Waals surface area contributed by atoms with E-state index in [2.05, 4.69) is 12.2 Å². The predicted octanol–water partition coefficient (Wildman–Crippen LogP) is 1.48. The summed E-state index contributed by atoms with van der Waals surface area (Å²) in [5, 5.41) is 3.00. The van der Waals surface area contributed by atoms with Gasteiger partial charge in [-0.25, -0.2) is 0 Å². The van der Waals surface area contributed by atoms with Crippen molar-refractivity contribution in [3.8, 4) is 0 Å². The van der Waals surface area contributed by atoms with Crippen LogP contribution in [0.1, 0.15) is 39.0 Å². The molecule has 2 atom stereocenters. The standard InChI is InChI=1S/C20H29N3O2S/c1-2-16-8-5-6-12-22(16)13-7-11-21-19(24)14-23-17-9-3-4-10-18(17)26-15-20(23)25/h3-4,9-10,16H,2,5-8,11-15H2,1H3,(H,21,24)/p+1. The lowest BCUT2D eigenvalue weighted by molar-refractivity contribution is -0.930. The lowest BCUT2D eigenvalue weighted by Crippen LogP contribution is -3.16. The van der Waals surface area contributed by atoms with Gasteiger partial charge in [0.25, 0.3) is 0 Å². The maximum Gasteiger partial charge on any atom is 0.240 e. The lowest BCUT2D eigenvalue weighted by Gasteiger charge is -2.32. The summed E-state index contributed by atoms with van der Waals surface area (Å²) in [7, 11) is 0. The summed E-state index contributed by atoms with van der Waals surface area (Å²) >= 11 is 1.54. The predicted molar refractivity (Wildman–Crippen MR) is 106 cm³/mol. The summed E-state index contributed by atoms with van der Waals surface area (Å²) in [5.74, 6) is 0.342. The van der Waals surface area contributed by atoms with E-state index in [9.17, 15) is 9.59 Å². The summed E-state index contributed by atoms with van der Waals surface area (Å²) in [5.41, 5.74) is 0.854. The third-order valence-electron chi connectivity index (χ3n) is 5.48. The van der Waals surface area contributed by atoms with Crippen molar-refractivity contribution in [1.29, 1.82) is 0 Å². The second-order valence-electron chi connectivity index (χ2n) is 7.20. The first-order chi connectivity index (χ1) is 12.7. The summed E-state index contributed by atoms with van der Waals surface area (Å²) in [6.45, 7) is 5.48. The molecule has 0 spiro atoms. The Kier molecular flexibility index (Phi) is 6.97. The molecule has 0 aromatic heterocycles. The Hall–Kier alpha value is -1.53. The Labute approximate surface area is 160 Å². The van der Waals surface area contributed by atoms with Gasteiger partial charge in [-0.15, -0.1) is 11.8 Å². The van der Waals surface area contributed by atoms with E-state index in [1.54, 1.807) is 21.6 Å². The van der Waals surface area contributed by atoms with Crippen molar-refractivity contribution in [2.24, 2.45) is 0 Å². The molecule has 26 heavy (non-hydrogen) atoms. The molecule has 2 N–H and O–H groups in total. The smallest absolute Gasteiger partial charge is 0.240 e. The van der Waals surface area contributed by atoms with Crippen LogP contribution in [0.2, 0.25) is 0 Å². The molecule has 2 amide bonds. The molecule has 1 aromatic carbocycles. The van der Waals surface area contributed by atoms with E-state index < -0.39 is 0 Å². The number of quaternary nitrogens is 1. The quantitative estimate of drug-likeness (QED) is 0.709. The normalized spacial score (nSPS) is 22.8. The zero-order chi connectivity index (χ0) is 18.4. The zero-order valence-corrected chi connectivity index (χ0v) is 16.4. The van der Waals surface area contributed by atoms with Gasteiger partial charge in [0, 0.05) is 17.9 Å². The molecule has 2 heterocycles. The fourth-order valence-electron chi connectivity index (χ4n) is 4.04. The number of benzene rings is 1. The van der Waals surface area contributed by atoms with Gasteiger partial charge in [0.05, 0.1) is 30.6 Å². The van der Waals surface area contributed by atoms with E-state index >= 15 is 0 Å². The van der Waals surface area contributed by atoms with Crippen molar-refractivity contribution in [1.82, 2.24) is 5.32 Å². The number of thioether (sulfide) groups is 1. The highest BCUT2D eigenvalue weighted by Gasteiger charge is 2.26. The number of hydrogen-bond acceptors (Lipinski definition) is 3. The monoisotopic (exact) mass is 376 g/mol. The molecule has 2 aliphatic heterocycles. The van der Waals surface area contributed by atoms with Gasteiger partial charge in [-0.2, -0.15) is 0 Å². The molecule has 142 valence electrons. The molecule has 0 radical (unpaired) electrons. The van der Waals surface area contributed by atoms with Gasteiger partial charge in [0.1, 0.15) is 6.54 Å². The number of hydrogen-bond donors (Lipinski definition) is 2. The maximum absolute atomic E-state index is 12.3. The molecule has 5 nitrogen and oxygen atoms in total. The average Bonchev–Trinajstić information content (AvgIpc) is 2.68. The van der Waals surface area contributed by atoms with Crippen LogP contribution < -0.4 is 15.1 Å². The van der Waals surface area contributed by atoms with Crippen LogP contribution in [0.5, 0.6) is 0 Å². The Bertz CT molecular complexity index is 637. The summed E-state index contributed by atoms with van der Waals surface area (Å²) < 4.78 is 0. The van der Waals surface area contributed by atoms with Crippen molar-refractivity contribution < 1.29 is 14.5 Å². The van der Waals surface area contributed by atoms with Gasteiger partial charge in [-0.05, 0) is 37.8 Å². The van der Waals surface area contributed by atoms with Crippen molar-refractivity contribution in [2.75, 3.05) is 36.8 Å². The Morgan fingerprint density at radius 3 is 3.04 bits per heavy atom. The van der Waals surface area contributed by atoms with E-state index in [1.165, 1.54) is 32.2 Å². The fourth-order valence-corrected chi connectivity index (χ4v) is 4.98. The molecule has 0 saturated carbocycles. The van der Waals surface area contributed by atoms with Crippen molar-refractivity contribution in [2.45, 2.75) is 50.0 Å². The second-order valence-corrected chi connectivity index (χ2v) is 8.22. The molecule has 2 aliphatic rings. The summed E-state index contributed by atoms with van der Waals surface area (Å²) in [6, 6.07) is 8.58. The Balaban J connectivity index is 1.44. The van der Waals surface area contributed by atoms with E-state index in [0.29, 0.717) is 12.3 Å².